The molecule has 1 aromatic heterocycles. The molecule has 2 N–H and O–H groups in total. The molecule has 5 heteroatoms. The van der Waals surface area contributed by atoms with Gasteiger partial charge in [0.15, 0.2) is 0 Å². The summed E-state index contributed by atoms with van der Waals surface area (Å²) in [6.07, 6.45) is 9.61. The van der Waals surface area contributed by atoms with Gasteiger partial charge in [-0.1, -0.05) is 33.1 Å². The second kappa shape index (κ2) is 10.4. The minimum Gasteiger partial charge on any atom is -0.354 e. The summed E-state index contributed by atoms with van der Waals surface area (Å²) in [6.45, 7) is 8.57. The van der Waals surface area contributed by atoms with Crippen LogP contribution in [0.1, 0.15) is 57.1 Å². The van der Waals surface area contributed by atoms with E-state index >= 15 is 0 Å². The third-order valence-electron chi connectivity index (χ3n) is 5.34. The van der Waals surface area contributed by atoms with Crippen LogP contribution < -0.4 is 15.5 Å². The molecule has 2 aromatic rings. The van der Waals surface area contributed by atoms with Crippen LogP contribution in [0.4, 0.5) is 17.1 Å². The number of hydrogen-bond donors (Lipinski definition) is 2. The first-order valence-corrected chi connectivity index (χ1v) is 10.9. The maximum absolute atomic E-state index is 13.0. The molecule has 0 bridgehead atoms. The van der Waals surface area contributed by atoms with Crippen LogP contribution in [0.5, 0.6) is 0 Å². The number of carbonyl (C=O) groups excluding carboxylic acids is 1. The summed E-state index contributed by atoms with van der Waals surface area (Å²) in [5, 5.41) is 7.02. The maximum Gasteiger partial charge on any atom is 0.229 e. The van der Waals surface area contributed by atoms with Crippen molar-refractivity contribution in [3.63, 3.8) is 0 Å². The van der Waals surface area contributed by atoms with E-state index in [4.69, 9.17) is 0 Å². The van der Waals surface area contributed by atoms with Crippen LogP contribution in [0.15, 0.2) is 36.7 Å². The summed E-state index contributed by atoms with van der Waals surface area (Å²) in [6, 6.07) is 8.40. The number of amides is 1. The Bertz CT molecular complexity index is 818. The first-order chi connectivity index (χ1) is 14.0. The molecule has 5 nitrogen and oxygen atoms in total. The molecule has 0 fully saturated rings. The van der Waals surface area contributed by atoms with Gasteiger partial charge in [-0.3, -0.25) is 9.78 Å². The molecule has 2 heterocycles. The molecule has 156 valence electrons. The van der Waals surface area contributed by atoms with Gasteiger partial charge in [0.1, 0.15) is 0 Å². The van der Waals surface area contributed by atoms with E-state index in [-0.39, 0.29) is 11.8 Å². The lowest BCUT2D eigenvalue weighted by Crippen LogP contribution is -2.36. The molecule has 3 rings (SSSR count). The quantitative estimate of drug-likeness (QED) is 0.753. The van der Waals surface area contributed by atoms with Crippen molar-refractivity contribution in [2.75, 3.05) is 23.3 Å². The lowest BCUT2D eigenvalue weighted by molar-refractivity contribution is -0.121. The van der Waals surface area contributed by atoms with Gasteiger partial charge in [-0.15, -0.1) is 0 Å². The molecule has 1 aliphatic rings. The smallest absolute Gasteiger partial charge is 0.229 e. The average molecular weight is 395 g/mol. The van der Waals surface area contributed by atoms with Crippen LogP contribution >= 0.6 is 0 Å². The summed E-state index contributed by atoms with van der Waals surface area (Å²) in [4.78, 5) is 19.2. The third kappa shape index (κ3) is 6.04. The highest BCUT2D eigenvalue weighted by molar-refractivity contribution is 5.95. The Balaban J connectivity index is 1.91. The fourth-order valence-corrected chi connectivity index (χ4v) is 3.79. The van der Waals surface area contributed by atoms with Crippen molar-refractivity contribution in [2.45, 2.75) is 59.4 Å². The second-order valence-electron chi connectivity index (χ2n) is 8.31. The largest absolute Gasteiger partial charge is 0.354 e. The summed E-state index contributed by atoms with van der Waals surface area (Å²) in [5.41, 5.74) is 5.30. The van der Waals surface area contributed by atoms with Crippen LogP contribution in [0.3, 0.4) is 0 Å². The molecule has 0 spiro atoms. The predicted molar refractivity (Wildman–Crippen MR) is 121 cm³/mol. The molecular weight excluding hydrogens is 360 g/mol. The molecule has 0 unspecified atom stereocenters. The molecule has 0 saturated heterocycles. The zero-order valence-electron chi connectivity index (χ0n) is 18.0. The van der Waals surface area contributed by atoms with E-state index in [9.17, 15) is 4.79 Å². The van der Waals surface area contributed by atoms with Crippen LogP contribution in [0.2, 0.25) is 0 Å². The summed E-state index contributed by atoms with van der Waals surface area (Å²) < 4.78 is 0. The van der Waals surface area contributed by atoms with E-state index < -0.39 is 0 Å². The van der Waals surface area contributed by atoms with Crippen LogP contribution in [0, 0.1) is 12.8 Å². The lowest BCUT2D eigenvalue weighted by atomic mass is 10.1. The highest BCUT2D eigenvalue weighted by Crippen LogP contribution is 2.28. The highest BCUT2D eigenvalue weighted by Gasteiger charge is 2.21. The molecule has 0 atom stereocenters. The number of nitrogens with zero attached hydrogens (tertiary/aromatic N) is 2. The van der Waals surface area contributed by atoms with Gasteiger partial charge in [0.2, 0.25) is 5.91 Å². The van der Waals surface area contributed by atoms with Crippen molar-refractivity contribution < 1.29 is 4.79 Å². The lowest BCUT2D eigenvalue weighted by Gasteiger charge is -2.28. The molecule has 0 aliphatic carbocycles. The standard InChI is InChI=1S/C24H34N4O/c1-18(2)24(29)28-12-8-6-4-5-7-11-25-16-20-14-21(9-10-23(20)28)27-22-13-19(3)15-26-17-22/h9-10,13-15,17-18,25,27H,4-8,11-12,16H2,1-3H3. The number of aryl methyl sites for hydroxylation is 1. The number of benzene rings is 1. The fourth-order valence-electron chi connectivity index (χ4n) is 3.79. The summed E-state index contributed by atoms with van der Waals surface area (Å²) in [7, 11) is 0. The van der Waals surface area contributed by atoms with Crippen LogP contribution in [-0.4, -0.2) is 24.0 Å². The number of fused-ring (bicyclic) bond motifs is 1. The highest BCUT2D eigenvalue weighted by atomic mass is 16.2. The van der Waals surface area contributed by atoms with Crippen molar-refractivity contribution in [3.8, 4) is 0 Å². The van der Waals surface area contributed by atoms with Gasteiger partial charge in [0.25, 0.3) is 0 Å². The maximum atomic E-state index is 13.0. The van der Waals surface area contributed by atoms with Crippen LogP contribution in [-0.2, 0) is 11.3 Å². The van der Waals surface area contributed by atoms with Gasteiger partial charge in [-0.2, -0.15) is 0 Å². The van der Waals surface area contributed by atoms with Gasteiger partial charge in [-0.05, 0) is 61.7 Å². The van der Waals surface area contributed by atoms with Gasteiger partial charge >= 0.3 is 0 Å². The van der Waals surface area contributed by atoms with Crippen molar-refractivity contribution in [1.29, 1.82) is 0 Å². The Morgan fingerprint density at radius 3 is 2.66 bits per heavy atom. The first-order valence-electron chi connectivity index (χ1n) is 10.9. The molecule has 1 amide bonds. The number of aromatic nitrogens is 1. The Kier molecular flexibility index (Phi) is 7.64. The van der Waals surface area contributed by atoms with Crippen molar-refractivity contribution in [2.24, 2.45) is 5.92 Å². The normalized spacial score (nSPS) is 15.9. The molecular formula is C24H34N4O. The average Bonchev–Trinajstić information content (AvgIpc) is 2.68. The molecule has 0 radical (unpaired) electrons. The van der Waals surface area contributed by atoms with Crippen LogP contribution in [0.25, 0.3) is 0 Å². The monoisotopic (exact) mass is 394 g/mol. The number of nitrogens with one attached hydrogen (secondary N) is 2. The Hall–Kier alpha value is -2.40. The first kappa shape index (κ1) is 21.3. The van der Waals surface area contributed by atoms with Gasteiger partial charge in [-0.25, -0.2) is 0 Å². The molecule has 0 saturated carbocycles. The number of hydrogen-bond acceptors (Lipinski definition) is 4. The van der Waals surface area contributed by atoms with Crippen molar-refractivity contribution >= 4 is 23.0 Å². The summed E-state index contributed by atoms with van der Waals surface area (Å²) in [5.74, 6) is 0.187. The summed E-state index contributed by atoms with van der Waals surface area (Å²) >= 11 is 0. The van der Waals surface area contributed by atoms with E-state index in [1.54, 1.807) is 0 Å². The molecule has 1 aromatic carbocycles. The SMILES string of the molecule is Cc1cncc(Nc2ccc3c(c2)CNCCCCCCCN3C(=O)C(C)C)c1. The van der Waals surface area contributed by atoms with Gasteiger partial charge < -0.3 is 15.5 Å². The van der Waals surface area contributed by atoms with Gasteiger partial charge in [0.05, 0.1) is 11.9 Å². The zero-order valence-corrected chi connectivity index (χ0v) is 18.0. The number of anilines is 3. The Morgan fingerprint density at radius 1 is 1.07 bits per heavy atom. The Labute approximate surface area is 174 Å². The van der Waals surface area contributed by atoms with E-state index in [0.717, 1.165) is 54.2 Å². The van der Waals surface area contributed by atoms with Crippen molar-refractivity contribution in [1.82, 2.24) is 10.3 Å². The minimum absolute atomic E-state index is 0.0140. The second-order valence-corrected chi connectivity index (χ2v) is 8.31. The number of pyridine rings is 1. The molecule has 1 aliphatic heterocycles. The topological polar surface area (TPSA) is 57.3 Å². The number of carbonyl (C=O) groups is 1. The van der Waals surface area contributed by atoms with Gasteiger partial charge in [0, 0.05) is 36.6 Å². The third-order valence-corrected chi connectivity index (χ3v) is 5.34. The zero-order chi connectivity index (χ0) is 20.6. The van der Waals surface area contributed by atoms with E-state index in [0.29, 0.717) is 0 Å². The minimum atomic E-state index is -0.0140. The fraction of sp³-hybridized carbons (Fsp3) is 0.500. The van der Waals surface area contributed by atoms with E-state index in [1.807, 2.05) is 38.1 Å². The molecule has 29 heavy (non-hydrogen) atoms. The predicted octanol–water partition coefficient (Wildman–Crippen LogP) is 5.18. The van der Waals surface area contributed by atoms with Crippen molar-refractivity contribution in [3.05, 3.63) is 47.8 Å². The van der Waals surface area contributed by atoms with E-state index in [2.05, 4.69) is 39.9 Å². The number of rotatable bonds is 3. The van der Waals surface area contributed by atoms with E-state index in [1.165, 1.54) is 25.7 Å². The Morgan fingerprint density at radius 2 is 1.86 bits per heavy atom.